The number of rotatable bonds is 14. The molecule has 0 aromatic carbocycles. The molecule has 0 bridgehead atoms. The summed E-state index contributed by atoms with van der Waals surface area (Å²) in [4.78, 5) is 70.5. The second kappa shape index (κ2) is 14.3. The van der Waals surface area contributed by atoms with Crippen LogP contribution in [0.25, 0.3) is 0 Å². The number of H-pyrrole nitrogens is 1. The number of nitrogens with zero attached hydrogens (tertiary/aromatic N) is 7. The number of hydrogen-bond acceptors (Lipinski definition) is 13. The van der Waals surface area contributed by atoms with E-state index in [1.165, 1.54) is 16.1 Å². The monoisotopic (exact) mass is 613 g/mol. The first-order valence-electron chi connectivity index (χ1n) is 14.0. The van der Waals surface area contributed by atoms with Crippen molar-refractivity contribution in [3.8, 4) is 0 Å². The number of carbonyl (C=O) groups is 5. The number of carboxylic acids is 1. The molecule has 0 saturated carbocycles. The average Bonchev–Trinajstić information content (AvgIpc) is 3.77. The molecule has 19 heteroatoms. The van der Waals surface area contributed by atoms with Crippen molar-refractivity contribution in [2.24, 2.45) is 11.0 Å². The SMILES string of the molecule is CC[C@H](C)[C@H](NC(=O)CCC(=O)O)C(=O)NC(CC1=NNNN1C)C(=O)N1c2ncccc2C[C@H]1C(=O)NCc1nn[nH]n1. The van der Waals surface area contributed by atoms with Gasteiger partial charge in [0.05, 0.1) is 13.0 Å². The molecule has 4 amide bonds. The van der Waals surface area contributed by atoms with Crippen LogP contribution in [0.5, 0.6) is 0 Å². The number of anilines is 1. The van der Waals surface area contributed by atoms with Gasteiger partial charge in [-0.05, 0) is 17.5 Å². The Balaban J connectivity index is 1.60. The lowest BCUT2D eigenvalue weighted by molar-refractivity contribution is -0.139. The Morgan fingerprint density at radius 2 is 1.98 bits per heavy atom. The molecule has 0 fully saturated rings. The van der Waals surface area contributed by atoms with Crippen LogP contribution in [0.3, 0.4) is 0 Å². The van der Waals surface area contributed by atoms with Gasteiger partial charge < -0.3 is 21.1 Å². The summed E-state index contributed by atoms with van der Waals surface area (Å²) in [7, 11) is 1.66. The number of hydrogen-bond donors (Lipinski definition) is 7. The minimum atomic E-state index is -1.24. The molecule has 1 unspecified atom stereocenters. The number of amidine groups is 1. The van der Waals surface area contributed by atoms with Crippen molar-refractivity contribution < 1.29 is 29.1 Å². The molecule has 4 rings (SSSR count). The number of aromatic amines is 1. The molecule has 236 valence electrons. The van der Waals surface area contributed by atoms with E-state index in [1.54, 1.807) is 26.1 Å². The van der Waals surface area contributed by atoms with Crippen molar-refractivity contribution in [3.63, 3.8) is 0 Å². The lowest BCUT2D eigenvalue weighted by Gasteiger charge is -2.31. The molecule has 0 radical (unpaired) electrons. The Morgan fingerprint density at radius 1 is 1.18 bits per heavy atom. The first-order chi connectivity index (χ1) is 21.1. The molecule has 2 aromatic heterocycles. The van der Waals surface area contributed by atoms with Crippen molar-refractivity contribution in [3.05, 3.63) is 29.7 Å². The number of pyridine rings is 1. The average molecular weight is 614 g/mol. The van der Waals surface area contributed by atoms with Crippen LogP contribution in [0.1, 0.15) is 50.9 Å². The van der Waals surface area contributed by atoms with E-state index in [4.69, 9.17) is 5.11 Å². The number of tetrazole rings is 1. The number of amides is 4. The number of hydrazone groups is 1. The third-order valence-electron chi connectivity index (χ3n) is 7.34. The maximum Gasteiger partial charge on any atom is 0.303 e. The summed E-state index contributed by atoms with van der Waals surface area (Å²) in [5, 5.41) is 36.1. The van der Waals surface area contributed by atoms with Gasteiger partial charge in [0.1, 0.15) is 29.8 Å². The Hall–Kier alpha value is -5.20. The zero-order valence-corrected chi connectivity index (χ0v) is 24.4. The first-order valence-corrected chi connectivity index (χ1v) is 14.0. The first kappa shape index (κ1) is 31.7. The topological polar surface area (TPSA) is 252 Å². The van der Waals surface area contributed by atoms with E-state index in [9.17, 15) is 24.0 Å². The summed E-state index contributed by atoms with van der Waals surface area (Å²) in [5.41, 5.74) is 6.00. The number of carbonyl (C=O) groups excluding carboxylic acids is 4. The Morgan fingerprint density at radius 3 is 2.64 bits per heavy atom. The summed E-state index contributed by atoms with van der Waals surface area (Å²) in [6, 6.07) is 0.155. The van der Waals surface area contributed by atoms with Crippen molar-refractivity contribution in [2.45, 2.75) is 70.6 Å². The van der Waals surface area contributed by atoms with Gasteiger partial charge in [0.15, 0.2) is 5.82 Å². The highest BCUT2D eigenvalue weighted by molar-refractivity contribution is 6.07. The normalized spacial score (nSPS) is 17.5. The predicted octanol–water partition coefficient (Wildman–Crippen LogP) is -2.29. The van der Waals surface area contributed by atoms with Crippen LogP contribution in [0, 0.1) is 5.92 Å². The molecular formula is C25H35N13O6. The fourth-order valence-electron chi connectivity index (χ4n) is 4.73. The molecule has 7 N–H and O–H groups in total. The minimum Gasteiger partial charge on any atom is -0.481 e. The van der Waals surface area contributed by atoms with E-state index >= 15 is 0 Å². The maximum absolute atomic E-state index is 14.3. The molecule has 2 aromatic rings. The van der Waals surface area contributed by atoms with E-state index in [-0.39, 0.29) is 43.4 Å². The number of aliphatic carboxylic acids is 1. The summed E-state index contributed by atoms with van der Waals surface area (Å²) < 4.78 is 0. The minimum absolute atomic E-state index is 0.0328. The molecule has 19 nitrogen and oxygen atoms in total. The summed E-state index contributed by atoms with van der Waals surface area (Å²) in [5.74, 6) is -2.98. The second-order valence-electron chi connectivity index (χ2n) is 10.4. The quantitative estimate of drug-likeness (QED) is 0.119. The highest BCUT2D eigenvalue weighted by Gasteiger charge is 2.43. The van der Waals surface area contributed by atoms with Crippen LogP contribution < -0.4 is 31.9 Å². The lowest BCUT2D eigenvalue weighted by atomic mass is 9.97. The van der Waals surface area contributed by atoms with Crippen molar-refractivity contribution >= 4 is 41.3 Å². The van der Waals surface area contributed by atoms with Crippen LogP contribution in [-0.4, -0.2) is 96.3 Å². The van der Waals surface area contributed by atoms with Gasteiger partial charge in [-0.25, -0.2) is 10.5 Å². The van der Waals surface area contributed by atoms with E-state index in [0.717, 1.165) is 0 Å². The zero-order chi connectivity index (χ0) is 31.8. The van der Waals surface area contributed by atoms with E-state index in [2.05, 4.69) is 57.7 Å². The third-order valence-corrected chi connectivity index (χ3v) is 7.34. The van der Waals surface area contributed by atoms with E-state index < -0.39 is 54.1 Å². The lowest BCUT2D eigenvalue weighted by Crippen LogP contribution is -2.59. The van der Waals surface area contributed by atoms with Gasteiger partial charge in [-0.3, -0.25) is 33.9 Å². The number of nitrogens with one attached hydrogen (secondary N) is 6. The largest absolute Gasteiger partial charge is 0.481 e. The fourth-order valence-corrected chi connectivity index (χ4v) is 4.73. The van der Waals surface area contributed by atoms with Crippen LogP contribution in [-0.2, 0) is 36.9 Å². The zero-order valence-electron chi connectivity index (χ0n) is 24.4. The van der Waals surface area contributed by atoms with Crippen molar-refractivity contribution in [1.82, 2.24) is 57.6 Å². The molecule has 0 spiro atoms. The molecule has 4 atom stereocenters. The van der Waals surface area contributed by atoms with Crippen molar-refractivity contribution in [1.29, 1.82) is 0 Å². The number of hydrazine groups is 2. The van der Waals surface area contributed by atoms with Gasteiger partial charge >= 0.3 is 5.97 Å². The molecule has 0 saturated heterocycles. The molecule has 2 aliphatic rings. The number of aromatic nitrogens is 5. The highest BCUT2D eigenvalue weighted by atomic mass is 16.4. The van der Waals surface area contributed by atoms with Crippen LogP contribution >= 0.6 is 0 Å². The maximum atomic E-state index is 14.3. The van der Waals surface area contributed by atoms with Gasteiger partial charge in [-0.15, -0.1) is 20.8 Å². The molecule has 44 heavy (non-hydrogen) atoms. The van der Waals surface area contributed by atoms with Gasteiger partial charge in [-0.1, -0.05) is 31.5 Å². The second-order valence-corrected chi connectivity index (χ2v) is 10.4. The van der Waals surface area contributed by atoms with Crippen LogP contribution in [0.2, 0.25) is 0 Å². The smallest absolute Gasteiger partial charge is 0.303 e. The third kappa shape index (κ3) is 7.60. The molecule has 4 heterocycles. The molecule has 2 aliphatic heterocycles. The standard InChI is InChI=1S/C25H35N13O6/c1-4-13(2)21(29-19(39)7-8-20(40)41)24(43)28-15(11-18-32-35-36-37(18)3)25(44)38-16(10-14-6-5-9-26-22(14)38)23(42)27-12-17-30-33-34-31-17/h5-6,9,13,15-16,21,35-36H,4,7-8,10-12H2,1-3H3,(H,27,42)(H,28,43)(H,29,39)(H,40,41)(H,30,31,33,34)/t13-,15?,16-,21-/m0/s1. The van der Waals surface area contributed by atoms with Crippen molar-refractivity contribution in [2.75, 3.05) is 11.9 Å². The number of fused-ring (bicyclic) bond motifs is 1. The summed E-state index contributed by atoms with van der Waals surface area (Å²) >= 11 is 0. The van der Waals surface area contributed by atoms with Crippen LogP contribution in [0.4, 0.5) is 5.82 Å². The number of carboxylic acid groups (broad SMARTS) is 1. The van der Waals surface area contributed by atoms with Gasteiger partial charge in [0.2, 0.25) is 17.7 Å². The fraction of sp³-hybridized carbons (Fsp3) is 0.520. The van der Waals surface area contributed by atoms with E-state index in [1.807, 2.05) is 6.92 Å². The summed E-state index contributed by atoms with van der Waals surface area (Å²) in [6.07, 6.45) is 1.38. The highest BCUT2D eigenvalue weighted by Crippen LogP contribution is 2.31. The van der Waals surface area contributed by atoms with Gasteiger partial charge in [-0.2, -0.15) is 5.21 Å². The summed E-state index contributed by atoms with van der Waals surface area (Å²) in [6.45, 7) is 3.56. The van der Waals surface area contributed by atoms with Gasteiger partial charge in [0.25, 0.3) is 5.91 Å². The van der Waals surface area contributed by atoms with Crippen LogP contribution in [0.15, 0.2) is 23.4 Å². The predicted molar refractivity (Wildman–Crippen MR) is 152 cm³/mol. The Bertz CT molecular complexity index is 1400. The Labute approximate surface area is 251 Å². The Kier molecular flexibility index (Phi) is 10.3. The molecular weight excluding hydrogens is 578 g/mol. The molecule has 0 aliphatic carbocycles. The van der Waals surface area contributed by atoms with E-state index in [0.29, 0.717) is 17.8 Å². The van der Waals surface area contributed by atoms with Gasteiger partial charge in [0, 0.05) is 32.5 Å².